The number of carboxylic acids is 1. The van der Waals surface area contributed by atoms with Crippen LogP contribution in [0.1, 0.15) is 39.5 Å². The Bertz CT molecular complexity index is 303. The van der Waals surface area contributed by atoms with Crippen molar-refractivity contribution in [1.82, 2.24) is 4.90 Å². The van der Waals surface area contributed by atoms with Gasteiger partial charge >= 0.3 is 5.97 Å². The summed E-state index contributed by atoms with van der Waals surface area (Å²) in [6, 6.07) is 0.511. The van der Waals surface area contributed by atoms with Crippen LogP contribution >= 0.6 is 0 Å². The third-order valence-electron chi connectivity index (χ3n) is 4.40. The molecule has 0 radical (unpaired) electrons. The molecule has 2 unspecified atom stereocenters. The summed E-state index contributed by atoms with van der Waals surface area (Å²) < 4.78 is 0. The summed E-state index contributed by atoms with van der Waals surface area (Å²) in [5, 5.41) is 9.11. The molecule has 2 atom stereocenters. The average molecular weight is 226 g/mol. The zero-order chi connectivity index (χ0) is 12.0. The summed E-state index contributed by atoms with van der Waals surface area (Å²) in [6.07, 6.45) is 4.25. The van der Waals surface area contributed by atoms with E-state index in [9.17, 15) is 4.79 Å². The summed E-state index contributed by atoms with van der Waals surface area (Å²) in [4.78, 5) is 13.4. The summed E-state index contributed by atoms with van der Waals surface area (Å²) in [5.74, 6) is -0.856. The highest BCUT2D eigenvalue weighted by Gasteiger charge is 2.47. The van der Waals surface area contributed by atoms with Gasteiger partial charge in [-0.25, -0.2) is 0 Å². The van der Waals surface area contributed by atoms with E-state index in [1.807, 2.05) is 0 Å². The Hall–Kier alpha value is -0.610. The van der Waals surface area contributed by atoms with Gasteiger partial charge in [-0.05, 0) is 24.7 Å². The van der Waals surface area contributed by atoms with Crippen molar-refractivity contribution in [2.75, 3.05) is 13.1 Å². The molecule has 92 valence electrons. The first-order chi connectivity index (χ1) is 7.35. The van der Waals surface area contributed by atoms with E-state index in [1.165, 1.54) is 19.3 Å². The zero-order valence-electron chi connectivity index (χ0n) is 10.2. The Morgan fingerprint density at radius 2 is 2.12 bits per heavy atom. The third-order valence-corrected chi connectivity index (χ3v) is 4.40. The van der Waals surface area contributed by atoms with Crippen LogP contribution in [-0.2, 0) is 4.79 Å². The molecule has 1 heterocycles. The van der Waals surface area contributed by atoms with Crippen LogP contribution in [-0.4, -0.2) is 40.6 Å². The maximum Gasteiger partial charge on any atom is 0.325 e. The van der Waals surface area contributed by atoms with Gasteiger partial charge in [0.2, 0.25) is 0 Å². The van der Waals surface area contributed by atoms with Crippen LogP contribution in [0.15, 0.2) is 0 Å². The predicted molar refractivity (Wildman–Crippen MR) is 62.2 cm³/mol. The second kappa shape index (κ2) is 3.70. The van der Waals surface area contributed by atoms with E-state index in [-0.39, 0.29) is 0 Å². The van der Waals surface area contributed by atoms with E-state index >= 15 is 0 Å². The standard InChI is InChI=1S/C12H22N2O2/c1-11(2)5-3-4-9(11)14-7-6-12(13,8-14)10(15)16/h9H,3-8,13H2,1-2H3,(H,15,16). The number of likely N-dealkylation sites (tertiary alicyclic amines) is 1. The number of carboxylic acid groups (broad SMARTS) is 1. The number of aliphatic carboxylic acids is 1. The molecule has 3 N–H and O–H groups in total. The van der Waals surface area contributed by atoms with Gasteiger partial charge in [-0.2, -0.15) is 0 Å². The molecular formula is C12H22N2O2. The van der Waals surface area contributed by atoms with Crippen molar-refractivity contribution >= 4 is 5.97 Å². The second-order valence-corrected chi connectivity index (χ2v) is 6.08. The number of hydrogen-bond donors (Lipinski definition) is 2. The summed E-state index contributed by atoms with van der Waals surface area (Å²) in [5.41, 5.74) is 5.20. The van der Waals surface area contributed by atoms with Gasteiger partial charge in [-0.15, -0.1) is 0 Å². The largest absolute Gasteiger partial charge is 0.480 e. The van der Waals surface area contributed by atoms with Gasteiger partial charge in [0.25, 0.3) is 0 Å². The van der Waals surface area contributed by atoms with Crippen LogP contribution in [0.3, 0.4) is 0 Å². The monoisotopic (exact) mass is 226 g/mol. The van der Waals surface area contributed by atoms with Crippen molar-refractivity contribution in [2.24, 2.45) is 11.1 Å². The highest BCUT2D eigenvalue weighted by atomic mass is 16.4. The maximum absolute atomic E-state index is 11.1. The fourth-order valence-electron chi connectivity index (χ4n) is 3.29. The molecular weight excluding hydrogens is 204 g/mol. The lowest BCUT2D eigenvalue weighted by molar-refractivity contribution is -0.142. The first kappa shape index (κ1) is 11.9. The fraction of sp³-hybridized carbons (Fsp3) is 0.917. The van der Waals surface area contributed by atoms with Crippen molar-refractivity contribution in [1.29, 1.82) is 0 Å². The number of rotatable bonds is 2. The molecule has 0 amide bonds. The first-order valence-electron chi connectivity index (χ1n) is 6.11. The lowest BCUT2D eigenvalue weighted by Crippen LogP contribution is -2.52. The lowest BCUT2D eigenvalue weighted by atomic mass is 9.86. The quantitative estimate of drug-likeness (QED) is 0.738. The van der Waals surface area contributed by atoms with E-state index in [2.05, 4.69) is 18.7 Å². The molecule has 0 spiro atoms. The lowest BCUT2D eigenvalue weighted by Gasteiger charge is -2.35. The Labute approximate surface area is 96.8 Å². The van der Waals surface area contributed by atoms with Crippen LogP contribution in [0.5, 0.6) is 0 Å². The number of carbonyl (C=O) groups is 1. The van der Waals surface area contributed by atoms with Crippen molar-refractivity contribution in [2.45, 2.75) is 51.1 Å². The van der Waals surface area contributed by atoms with Crippen LogP contribution in [0.25, 0.3) is 0 Å². The molecule has 1 saturated heterocycles. The van der Waals surface area contributed by atoms with Crippen LogP contribution in [0.2, 0.25) is 0 Å². The molecule has 0 aromatic rings. The van der Waals surface area contributed by atoms with E-state index in [4.69, 9.17) is 10.8 Å². The van der Waals surface area contributed by atoms with Gasteiger partial charge in [0.05, 0.1) is 0 Å². The first-order valence-corrected chi connectivity index (χ1v) is 6.11. The number of nitrogens with zero attached hydrogens (tertiary/aromatic N) is 1. The van der Waals surface area contributed by atoms with Gasteiger partial charge in [0.15, 0.2) is 0 Å². The minimum atomic E-state index is -1.02. The third kappa shape index (κ3) is 1.84. The molecule has 1 aliphatic carbocycles. The molecule has 0 bridgehead atoms. The Morgan fingerprint density at radius 3 is 2.56 bits per heavy atom. The van der Waals surface area contributed by atoms with Gasteiger partial charge in [-0.3, -0.25) is 9.69 Å². The van der Waals surface area contributed by atoms with Gasteiger partial charge in [0, 0.05) is 19.1 Å². The summed E-state index contributed by atoms with van der Waals surface area (Å²) in [6.45, 7) is 5.90. The van der Waals surface area contributed by atoms with Crippen molar-refractivity contribution in [3.63, 3.8) is 0 Å². The molecule has 0 aromatic heterocycles. The van der Waals surface area contributed by atoms with Gasteiger partial charge in [0.1, 0.15) is 5.54 Å². The molecule has 1 aliphatic heterocycles. The van der Waals surface area contributed by atoms with Crippen LogP contribution in [0.4, 0.5) is 0 Å². The van der Waals surface area contributed by atoms with Crippen molar-refractivity contribution in [3.05, 3.63) is 0 Å². The molecule has 1 saturated carbocycles. The maximum atomic E-state index is 11.1. The van der Waals surface area contributed by atoms with E-state index in [0.717, 1.165) is 6.54 Å². The SMILES string of the molecule is CC1(C)CCCC1N1CCC(N)(C(=O)O)C1. The number of hydrogen-bond acceptors (Lipinski definition) is 3. The Kier molecular flexibility index (Phi) is 2.75. The highest BCUT2D eigenvalue weighted by molar-refractivity contribution is 5.79. The van der Waals surface area contributed by atoms with Gasteiger partial charge < -0.3 is 10.8 Å². The van der Waals surface area contributed by atoms with Gasteiger partial charge in [-0.1, -0.05) is 20.3 Å². The summed E-state index contributed by atoms with van der Waals surface area (Å²) in [7, 11) is 0. The molecule has 16 heavy (non-hydrogen) atoms. The van der Waals surface area contributed by atoms with Crippen molar-refractivity contribution in [3.8, 4) is 0 Å². The van der Waals surface area contributed by atoms with Crippen LogP contribution < -0.4 is 5.73 Å². The van der Waals surface area contributed by atoms with Crippen molar-refractivity contribution < 1.29 is 9.90 Å². The minimum Gasteiger partial charge on any atom is -0.480 e. The molecule has 4 nitrogen and oxygen atoms in total. The fourth-order valence-corrected chi connectivity index (χ4v) is 3.29. The summed E-state index contributed by atoms with van der Waals surface area (Å²) >= 11 is 0. The smallest absolute Gasteiger partial charge is 0.325 e. The molecule has 0 aromatic carbocycles. The average Bonchev–Trinajstić information content (AvgIpc) is 2.70. The number of nitrogens with two attached hydrogens (primary N) is 1. The molecule has 2 aliphatic rings. The molecule has 2 rings (SSSR count). The topological polar surface area (TPSA) is 66.6 Å². The van der Waals surface area contributed by atoms with E-state index < -0.39 is 11.5 Å². The normalized spacial score (nSPS) is 39.1. The molecule has 4 heteroatoms. The van der Waals surface area contributed by atoms with E-state index in [0.29, 0.717) is 24.4 Å². The predicted octanol–water partition coefficient (Wildman–Crippen LogP) is 1.05. The van der Waals surface area contributed by atoms with E-state index in [1.54, 1.807) is 0 Å². The zero-order valence-corrected chi connectivity index (χ0v) is 10.2. The highest BCUT2D eigenvalue weighted by Crippen LogP contribution is 2.42. The Balaban J connectivity index is 2.07. The molecule has 2 fully saturated rings. The van der Waals surface area contributed by atoms with Crippen LogP contribution in [0, 0.1) is 5.41 Å². The minimum absolute atomic E-state index is 0.309. The second-order valence-electron chi connectivity index (χ2n) is 6.08. The Morgan fingerprint density at radius 1 is 1.44 bits per heavy atom.